The lowest BCUT2D eigenvalue weighted by atomic mass is 10.1. The van der Waals surface area contributed by atoms with Crippen LogP contribution in [0.1, 0.15) is 16.2 Å². The molecule has 6 heteroatoms. The van der Waals surface area contributed by atoms with Gasteiger partial charge >= 0.3 is 0 Å². The Balaban J connectivity index is 1.44. The minimum atomic E-state index is -0.0683. The van der Waals surface area contributed by atoms with Gasteiger partial charge in [0.1, 0.15) is 5.82 Å². The number of nitrogens with one attached hydrogen (secondary N) is 2. The monoisotopic (exact) mass is 362 g/mol. The molecule has 0 bridgehead atoms. The Labute approximate surface area is 157 Å². The summed E-state index contributed by atoms with van der Waals surface area (Å²) in [6, 6.07) is 15.7. The predicted octanol–water partition coefficient (Wildman–Crippen LogP) is 3.14. The van der Waals surface area contributed by atoms with Crippen LogP contribution in [0.4, 0.5) is 0 Å². The number of carbonyl (C=O) groups is 1. The van der Waals surface area contributed by atoms with E-state index in [2.05, 4.69) is 19.9 Å². The number of amides is 1. The third-order valence-corrected chi connectivity index (χ3v) is 4.68. The maximum absolute atomic E-state index is 12.7. The normalized spacial score (nSPS) is 11.3. The summed E-state index contributed by atoms with van der Waals surface area (Å²) < 4.78 is 7.25. The lowest BCUT2D eigenvalue weighted by molar-refractivity contribution is 0.0955. The molecular weight excluding hydrogens is 340 g/mol. The average molecular weight is 362 g/mol. The van der Waals surface area contributed by atoms with Crippen molar-refractivity contribution in [2.24, 2.45) is 0 Å². The van der Waals surface area contributed by atoms with Crippen LogP contribution in [0.15, 0.2) is 54.7 Å². The van der Waals surface area contributed by atoms with E-state index in [9.17, 15) is 4.79 Å². The van der Waals surface area contributed by atoms with Gasteiger partial charge in [0.05, 0.1) is 17.6 Å². The highest BCUT2D eigenvalue weighted by Gasteiger charge is 2.12. The Kier molecular flexibility index (Phi) is 4.89. The maximum atomic E-state index is 12.7. The Bertz CT molecular complexity index is 1050. The molecule has 0 aliphatic rings. The molecule has 2 aromatic heterocycles. The van der Waals surface area contributed by atoms with E-state index in [-0.39, 0.29) is 5.91 Å². The molecule has 0 aliphatic heterocycles. The summed E-state index contributed by atoms with van der Waals surface area (Å²) in [5.74, 6) is 0.807. The van der Waals surface area contributed by atoms with E-state index in [1.807, 2.05) is 54.7 Å². The van der Waals surface area contributed by atoms with Crippen molar-refractivity contribution < 1.29 is 9.53 Å². The van der Waals surface area contributed by atoms with Crippen LogP contribution in [0.5, 0.6) is 0 Å². The summed E-state index contributed by atoms with van der Waals surface area (Å²) in [6.07, 6.45) is 2.65. The van der Waals surface area contributed by atoms with E-state index in [4.69, 9.17) is 4.74 Å². The van der Waals surface area contributed by atoms with Gasteiger partial charge in [-0.15, -0.1) is 0 Å². The Morgan fingerprint density at radius 2 is 2.07 bits per heavy atom. The summed E-state index contributed by atoms with van der Waals surface area (Å²) in [7, 11) is 1.69. The summed E-state index contributed by atoms with van der Waals surface area (Å²) >= 11 is 0. The fraction of sp³-hybridized carbons (Fsp3) is 0.238. The minimum Gasteiger partial charge on any atom is -0.383 e. The SMILES string of the molecule is COCCn1ccc2c(C(=O)NCCc3nc4ccccc4[nH]3)cccc21. The first-order valence-electron chi connectivity index (χ1n) is 9.05. The second-order valence-electron chi connectivity index (χ2n) is 6.45. The maximum Gasteiger partial charge on any atom is 0.251 e. The third-order valence-electron chi connectivity index (χ3n) is 4.68. The molecule has 6 nitrogen and oxygen atoms in total. The molecule has 0 aliphatic carbocycles. The number of imidazole rings is 1. The second kappa shape index (κ2) is 7.63. The highest BCUT2D eigenvalue weighted by Crippen LogP contribution is 2.20. The molecule has 0 radical (unpaired) electrons. The lowest BCUT2D eigenvalue weighted by Crippen LogP contribution is -2.26. The molecular formula is C21H22N4O2. The molecule has 2 heterocycles. The van der Waals surface area contributed by atoms with Crippen molar-refractivity contribution >= 4 is 27.8 Å². The number of hydrogen-bond donors (Lipinski definition) is 2. The van der Waals surface area contributed by atoms with Crippen LogP contribution in [0.2, 0.25) is 0 Å². The largest absolute Gasteiger partial charge is 0.383 e. The number of aromatic amines is 1. The number of rotatable bonds is 7. The molecule has 0 spiro atoms. The zero-order valence-corrected chi connectivity index (χ0v) is 15.2. The highest BCUT2D eigenvalue weighted by molar-refractivity contribution is 6.06. The van der Waals surface area contributed by atoms with Crippen LogP contribution in [-0.4, -0.2) is 40.7 Å². The minimum absolute atomic E-state index is 0.0683. The molecule has 0 atom stereocenters. The number of fused-ring (bicyclic) bond motifs is 2. The number of hydrogen-bond acceptors (Lipinski definition) is 3. The van der Waals surface area contributed by atoms with Crippen molar-refractivity contribution in [2.45, 2.75) is 13.0 Å². The molecule has 2 aromatic carbocycles. The quantitative estimate of drug-likeness (QED) is 0.530. The molecule has 4 aromatic rings. The van der Waals surface area contributed by atoms with Crippen LogP contribution >= 0.6 is 0 Å². The molecule has 27 heavy (non-hydrogen) atoms. The van der Waals surface area contributed by atoms with Gasteiger partial charge in [-0.2, -0.15) is 0 Å². The summed E-state index contributed by atoms with van der Waals surface area (Å²) in [6.45, 7) is 1.92. The first-order valence-corrected chi connectivity index (χ1v) is 9.05. The number of nitrogens with zero attached hydrogens (tertiary/aromatic N) is 2. The fourth-order valence-electron chi connectivity index (χ4n) is 3.32. The zero-order chi connectivity index (χ0) is 18.6. The highest BCUT2D eigenvalue weighted by atomic mass is 16.5. The number of benzene rings is 2. The number of para-hydroxylation sites is 2. The van der Waals surface area contributed by atoms with E-state index >= 15 is 0 Å². The Morgan fingerprint density at radius 1 is 1.19 bits per heavy atom. The molecule has 0 fully saturated rings. The Morgan fingerprint density at radius 3 is 2.93 bits per heavy atom. The van der Waals surface area contributed by atoms with E-state index in [1.165, 1.54) is 0 Å². The number of H-pyrrole nitrogens is 1. The van der Waals surface area contributed by atoms with Crippen molar-refractivity contribution in [3.8, 4) is 0 Å². The van der Waals surface area contributed by atoms with Crippen molar-refractivity contribution in [1.82, 2.24) is 19.9 Å². The first-order chi connectivity index (χ1) is 13.3. The van der Waals surface area contributed by atoms with E-state index in [0.29, 0.717) is 25.1 Å². The van der Waals surface area contributed by atoms with Gasteiger partial charge in [0.15, 0.2) is 0 Å². The van der Waals surface area contributed by atoms with Gasteiger partial charge in [-0.3, -0.25) is 4.79 Å². The number of carbonyl (C=O) groups excluding carboxylic acids is 1. The van der Waals surface area contributed by atoms with Crippen molar-refractivity contribution in [3.63, 3.8) is 0 Å². The van der Waals surface area contributed by atoms with Crippen LogP contribution in [0.3, 0.4) is 0 Å². The summed E-state index contributed by atoms with van der Waals surface area (Å²) in [4.78, 5) is 20.5. The van der Waals surface area contributed by atoms with Gasteiger partial charge < -0.3 is 19.6 Å². The number of ether oxygens (including phenoxy) is 1. The molecule has 0 saturated carbocycles. The van der Waals surface area contributed by atoms with Gasteiger partial charge in [0.25, 0.3) is 5.91 Å². The van der Waals surface area contributed by atoms with Crippen LogP contribution in [0, 0.1) is 0 Å². The Hall–Kier alpha value is -3.12. The van der Waals surface area contributed by atoms with Gasteiger partial charge in [0.2, 0.25) is 0 Å². The van der Waals surface area contributed by atoms with Crippen LogP contribution in [-0.2, 0) is 17.7 Å². The second-order valence-corrected chi connectivity index (χ2v) is 6.45. The van der Waals surface area contributed by atoms with Gasteiger partial charge in [0, 0.05) is 49.3 Å². The zero-order valence-electron chi connectivity index (χ0n) is 15.2. The molecule has 4 rings (SSSR count). The predicted molar refractivity (Wildman–Crippen MR) is 106 cm³/mol. The van der Waals surface area contributed by atoms with Crippen LogP contribution < -0.4 is 5.32 Å². The van der Waals surface area contributed by atoms with Crippen molar-refractivity contribution in [2.75, 3.05) is 20.3 Å². The molecule has 138 valence electrons. The van der Waals surface area contributed by atoms with Crippen molar-refractivity contribution in [3.05, 3.63) is 66.1 Å². The molecule has 0 saturated heterocycles. The van der Waals surface area contributed by atoms with E-state index < -0.39 is 0 Å². The van der Waals surface area contributed by atoms with E-state index in [1.54, 1.807) is 7.11 Å². The van der Waals surface area contributed by atoms with Gasteiger partial charge in [-0.25, -0.2) is 4.98 Å². The van der Waals surface area contributed by atoms with Crippen molar-refractivity contribution in [1.29, 1.82) is 0 Å². The smallest absolute Gasteiger partial charge is 0.251 e. The topological polar surface area (TPSA) is 71.9 Å². The fourth-order valence-corrected chi connectivity index (χ4v) is 3.32. The molecule has 0 unspecified atom stereocenters. The summed E-state index contributed by atoms with van der Waals surface area (Å²) in [5, 5.41) is 3.96. The third kappa shape index (κ3) is 3.57. The van der Waals surface area contributed by atoms with Gasteiger partial charge in [-0.1, -0.05) is 18.2 Å². The standard InChI is InChI=1S/C21H22N4O2/c1-27-14-13-25-12-10-15-16(5-4-8-19(15)25)21(26)22-11-9-20-23-17-6-2-3-7-18(17)24-20/h2-8,10,12H,9,11,13-14H2,1H3,(H,22,26)(H,23,24). The first kappa shape index (κ1) is 17.3. The number of aromatic nitrogens is 3. The van der Waals surface area contributed by atoms with Crippen LogP contribution in [0.25, 0.3) is 21.9 Å². The van der Waals surface area contributed by atoms with Gasteiger partial charge in [-0.05, 0) is 30.3 Å². The lowest BCUT2D eigenvalue weighted by Gasteiger charge is -2.07. The average Bonchev–Trinajstić information content (AvgIpc) is 3.29. The van der Waals surface area contributed by atoms with E-state index in [0.717, 1.165) is 34.3 Å². The summed E-state index contributed by atoms with van der Waals surface area (Å²) in [5.41, 5.74) is 3.69. The molecule has 2 N–H and O–H groups in total. The number of methoxy groups -OCH3 is 1. The molecule has 1 amide bonds.